The average molecular weight is 351 g/mol. The van der Waals surface area contributed by atoms with Crippen LogP contribution in [0.2, 0.25) is 0 Å². The van der Waals surface area contributed by atoms with E-state index in [1.807, 2.05) is 12.3 Å². The predicted octanol–water partition coefficient (Wildman–Crippen LogP) is 2.47. The lowest BCUT2D eigenvalue weighted by Gasteiger charge is -2.36. The van der Waals surface area contributed by atoms with Crippen LogP contribution in [-0.2, 0) is 4.79 Å². The second kappa shape index (κ2) is 6.33. The third-order valence-electron chi connectivity index (χ3n) is 5.04. The first kappa shape index (κ1) is 16.4. The molecule has 1 amide bonds. The number of nitrogens with zero attached hydrogens (tertiary/aromatic N) is 3. The zero-order chi connectivity index (χ0) is 18.3. The lowest BCUT2D eigenvalue weighted by molar-refractivity contribution is -0.119. The molecular weight excluding hydrogens is 330 g/mol. The molecule has 7 heteroatoms. The van der Waals surface area contributed by atoms with E-state index in [-0.39, 0.29) is 11.7 Å². The Bertz CT molecular complexity index is 975. The molecule has 7 nitrogen and oxygen atoms in total. The van der Waals surface area contributed by atoms with Crippen LogP contribution in [0.5, 0.6) is 5.75 Å². The highest BCUT2D eigenvalue weighted by Gasteiger charge is 2.32. The summed E-state index contributed by atoms with van der Waals surface area (Å²) in [6, 6.07) is 7.41. The van der Waals surface area contributed by atoms with Crippen LogP contribution in [0.1, 0.15) is 25.8 Å². The summed E-state index contributed by atoms with van der Waals surface area (Å²) in [5.41, 5.74) is 8.74. The molecule has 1 saturated carbocycles. The number of hydrogen-bond acceptors (Lipinski definition) is 5. The summed E-state index contributed by atoms with van der Waals surface area (Å²) >= 11 is 0. The number of aromatic nitrogens is 3. The second-order valence-corrected chi connectivity index (χ2v) is 6.89. The number of nitrogens with two attached hydrogens (primary N) is 1. The van der Waals surface area contributed by atoms with Crippen molar-refractivity contribution >= 4 is 22.8 Å². The number of nitrogen functional groups attached to an aromatic ring is 1. The normalized spacial score (nSPS) is 19.3. The Morgan fingerprint density at radius 3 is 2.92 bits per heavy atom. The molecule has 1 aliphatic carbocycles. The van der Waals surface area contributed by atoms with Crippen molar-refractivity contribution in [2.24, 2.45) is 5.92 Å². The van der Waals surface area contributed by atoms with Gasteiger partial charge >= 0.3 is 0 Å². The largest absolute Gasteiger partial charge is 0.508 e. The summed E-state index contributed by atoms with van der Waals surface area (Å²) < 4.78 is 2.15. The molecule has 134 valence electrons. The number of phenolic OH excluding ortho intramolecular Hbond substituents is 1. The molecule has 4 N–H and O–H groups in total. The van der Waals surface area contributed by atoms with Gasteiger partial charge in [-0.05, 0) is 36.5 Å². The van der Waals surface area contributed by atoms with E-state index in [4.69, 9.17) is 5.73 Å². The van der Waals surface area contributed by atoms with E-state index in [2.05, 4.69) is 19.9 Å². The minimum absolute atomic E-state index is 0.00606. The SMILES string of the molecule is CC(=O)NCC1CC(n2cc(-c3cccc(O)c3)c3c(N)ncnc32)C1. The van der Waals surface area contributed by atoms with Crippen molar-refractivity contribution in [3.05, 3.63) is 36.8 Å². The fourth-order valence-electron chi connectivity index (χ4n) is 3.66. The lowest BCUT2D eigenvalue weighted by atomic mass is 9.80. The van der Waals surface area contributed by atoms with Crippen LogP contribution in [0, 0.1) is 5.92 Å². The molecule has 1 aromatic carbocycles. The molecule has 1 fully saturated rings. The average Bonchev–Trinajstić information content (AvgIpc) is 2.94. The highest BCUT2D eigenvalue weighted by molar-refractivity contribution is 6.00. The van der Waals surface area contributed by atoms with E-state index in [1.165, 1.54) is 13.3 Å². The number of nitrogens with one attached hydrogen (secondary N) is 1. The van der Waals surface area contributed by atoms with Gasteiger partial charge in [-0.3, -0.25) is 4.79 Å². The van der Waals surface area contributed by atoms with Crippen molar-refractivity contribution in [1.29, 1.82) is 0 Å². The number of fused-ring (bicyclic) bond motifs is 1. The Morgan fingerprint density at radius 2 is 2.19 bits per heavy atom. The summed E-state index contributed by atoms with van der Waals surface area (Å²) in [6.07, 6.45) is 5.48. The van der Waals surface area contributed by atoms with Crippen LogP contribution in [0.4, 0.5) is 5.82 Å². The van der Waals surface area contributed by atoms with Crippen molar-refractivity contribution < 1.29 is 9.90 Å². The molecule has 0 unspecified atom stereocenters. The van der Waals surface area contributed by atoms with E-state index >= 15 is 0 Å². The van der Waals surface area contributed by atoms with Gasteiger partial charge in [0.1, 0.15) is 23.5 Å². The highest BCUT2D eigenvalue weighted by atomic mass is 16.3. The molecular formula is C19H21N5O2. The number of benzene rings is 1. The first-order valence-electron chi connectivity index (χ1n) is 8.67. The second-order valence-electron chi connectivity index (χ2n) is 6.89. The predicted molar refractivity (Wildman–Crippen MR) is 99.5 cm³/mol. The molecule has 1 aliphatic rings. The van der Waals surface area contributed by atoms with Crippen LogP contribution in [0.3, 0.4) is 0 Å². The van der Waals surface area contributed by atoms with Crippen LogP contribution in [0.15, 0.2) is 36.8 Å². The topological polar surface area (TPSA) is 106 Å². The quantitative estimate of drug-likeness (QED) is 0.669. The van der Waals surface area contributed by atoms with E-state index in [0.29, 0.717) is 24.3 Å². The lowest BCUT2D eigenvalue weighted by Crippen LogP contribution is -2.36. The molecule has 0 saturated heterocycles. The first-order valence-corrected chi connectivity index (χ1v) is 8.67. The van der Waals surface area contributed by atoms with Crippen molar-refractivity contribution in [1.82, 2.24) is 19.9 Å². The Labute approximate surface area is 150 Å². The molecule has 26 heavy (non-hydrogen) atoms. The minimum atomic E-state index is 0.00606. The molecule has 2 heterocycles. The highest BCUT2D eigenvalue weighted by Crippen LogP contribution is 2.42. The molecule has 4 rings (SSSR count). The maximum absolute atomic E-state index is 11.1. The van der Waals surface area contributed by atoms with Crippen LogP contribution in [-0.4, -0.2) is 32.1 Å². The van der Waals surface area contributed by atoms with E-state index < -0.39 is 0 Å². The number of carbonyl (C=O) groups excluding carboxylic acids is 1. The number of aromatic hydroxyl groups is 1. The van der Waals surface area contributed by atoms with Crippen molar-refractivity contribution in [3.63, 3.8) is 0 Å². The van der Waals surface area contributed by atoms with E-state index in [1.54, 1.807) is 18.2 Å². The van der Waals surface area contributed by atoms with Gasteiger partial charge in [0.25, 0.3) is 0 Å². The zero-order valence-electron chi connectivity index (χ0n) is 14.5. The van der Waals surface area contributed by atoms with Crippen LogP contribution in [0.25, 0.3) is 22.2 Å². The standard InChI is InChI=1S/C19H21N5O2/c1-11(25)21-8-12-5-14(6-12)24-9-16(13-3-2-4-15(26)7-13)17-18(20)22-10-23-19(17)24/h2-4,7,9-10,12,14,26H,5-6,8H2,1H3,(H,21,25)(H2,20,22,23). The van der Waals surface area contributed by atoms with Gasteiger partial charge in [-0.15, -0.1) is 0 Å². The maximum Gasteiger partial charge on any atom is 0.216 e. The van der Waals surface area contributed by atoms with Gasteiger partial charge in [-0.1, -0.05) is 12.1 Å². The van der Waals surface area contributed by atoms with E-state index in [0.717, 1.165) is 35.0 Å². The first-order chi connectivity index (χ1) is 12.5. The molecule has 3 aromatic rings. The number of anilines is 1. The number of hydrogen-bond donors (Lipinski definition) is 3. The van der Waals surface area contributed by atoms with Gasteiger partial charge < -0.3 is 20.7 Å². The molecule has 0 spiro atoms. The number of carbonyl (C=O) groups is 1. The third kappa shape index (κ3) is 2.85. The van der Waals surface area contributed by atoms with Crippen LogP contribution < -0.4 is 11.1 Å². The molecule has 0 atom stereocenters. The molecule has 0 bridgehead atoms. The fraction of sp³-hybridized carbons (Fsp3) is 0.316. The number of amides is 1. The van der Waals surface area contributed by atoms with Crippen LogP contribution >= 0.6 is 0 Å². The molecule has 0 aliphatic heterocycles. The summed E-state index contributed by atoms with van der Waals surface area (Å²) in [4.78, 5) is 19.7. The van der Waals surface area contributed by atoms with Gasteiger partial charge in [-0.25, -0.2) is 9.97 Å². The Kier molecular flexibility index (Phi) is 3.99. The van der Waals surface area contributed by atoms with Gasteiger partial charge in [0.2, 0.25) is 5.91 Å². The summed E-state index contributed by atoms with van der Waals surface area (Å²) in [6.45, 7) is 2.25. The van der Waals surface area contributed by atoms with Gasteiger partial charge in [0.05, 0.1) is 5.39 Å². The summed E-state index contributed by atoms with van der Waals surface area (Å²) in [5.74, 6) is 1.12. The summed E-state index contributed by atoms with van der Waals surface area (Å²) in [5, 5.41) is 13.5. The number of phenols is 1. The van der Waals surface area contributed by atoms with Gasteiger partial charge in [-0.2, -0.15) is 0 Å². The molecule has 0 radical (unpaired) electrons. The van der Waals surface area contributed by atoms with Crippen molar-refractivity contribution in [2.45, 2.75) is 25.8 Å². The number of rotatable bonds is 4. The summed E-state index contributed by atoms with van der Waals surface area (Å²) in [7, 11) is 0. The fourth-order valence-corrected chi connectivity index (χ4v) is 3.66. The third-order valence-corrected chi connectivity index (χ3v) is 5.04. The zero-order valence-corrected chi connectivity index (χ0v) is 14.5. The minimum Gasteiger partial charge on any atom is -0.508 e. The smallest absolute Gasteiger partial charge is 0.216 e. The van der Waals surface area contributed by atoms with Gasteiger partial charge in [0.15, 0.2) is 0 Å². The monoisotopic (exact) mass is 351 g/mol. The van der Waals surface area contributed by atoms with Crippen molar-refractivity contribution in [2.75, 3.05) is 12.3 Å². The van der Waals surface area contributed by atoms with E-state index in [9.17, 15) is 9.90 Å². The maximum atomic E-state index is 11.1. The molecule has 2 aromatic heterocycles. The van der Waals surface area contributed by atoms with Crippen molar-refractivity contribution in [3.8, 4) is 16.9 Å². The Hall–Kier alpha value is -3.09. The van der Waals surface area contributed by atoms with Gasteiger partial charge in [0, 0.05) is 31.3 Å². The Morgan fingerprint density at radius 1 is 1.38 bits per heavy atom. The Balaban J connectivity index is 1.69.